The van der Waals surface area contributed by atoms with Crippen LogP contribution in [0.2, 0.25) is 0 Å². The van der Waals surface area contributed by atoms with E-state index in [-0.39, 0.29) is 29.3 Å². The van der Waals surface area contributed by atoms with Gasteiger partial charge in [-0.25, -0.2) is 4.98 Å². The molecule has 24 heavy (non-hydrogen) atoms. The van der Waals surface area contributed by atoms with E-state index in [0.717, 1.165) is 37.7 Å². The van der Waals surface area contributed by atoms with Gasteiger partial charge in [-0.2, -0.15) is 0 Å². The van der Waals surface area contributed by atoms with Gasteiger partial charge in [0.1, 0.15) is 0 Å². The molecular weight excluding hydrogens is 302 g/mol. The maximum atomic E-state index is 13.0. The molecular formula is C19H25N3O2. The van der Waals surface area contributed by atoms with Crippen molar-refractivity contribution in [1.82, 2.24) is 14.5 Å². The molecule has 2 aromatic rings. The molecule has 128 valence electrons. The Balaban J connectivity index is 1.77. The fraction of sp³-hybridized carbons (Fsp3) is 0.579. The van der Waals surface area contributed by atoms with Crippen LogP contribution >= 0.6 is 0 Å². The normalized spacial score (nSPS) is 30.2. The van der Waals surface area contributed by atoms with Gasteiger partial charge < -0.3 is 5.11 Å². The minimum Gasteiger partial charge on any atom is -0.391 e. The third kappa shape index (κ3) is 2.30. The summed E-state index contributed by atoms with van der Waals surface area (Å²) in [6.45, 7) is 5.38. The lowest BCUT2D eigenvalue weighted by Crippen LogP contribution is -2.63. The lowest BCUT2D eigenvalue weighted by molar-refractivity contribution is -0.0899. The number of aromatic nitrogens is 2. The molecule has 5 nitrogen and oxygen atoms in total. The molecule has 2 aliphatic rings. The molecule has 5 heteroatoms. The molecule has 4 rings (SSSR count). The van der Waals surface area contributed by atoms with E-state index in [0.29, 0.717) is 5.39 Å². The average molecular weight is 327 g/mol. The van der Waals surface area contributed by atoms with Crippen molar-refractivity contribution in [2.24, 2.45) is 0 Å². The highest BCUT2D eigenvalue weighted by molar-refractivity contribution is 5.76. The Morgan fingerprint density at radius 1 is 1.21 bits per heavy atom. The molecule has 0 saturated carbocycles. The van der Waals surface area contributed by atoms with Gasteiger partial charge in [0.15, 0.2) is 0 Å². The summed E-state index contributed by atoms with van der Waals surface area (Å²) in [5.74, 6) is 0. The third-order valence-corrected chi connectivity index (χ3v) is 6.06. The molecule has 0 bridgehead atoms. The second kappa shape index (κ2) is 5.67. The molecule has 2 fully saturated rings. The van der Waals surface area contributed by atoms with Gasteiger partial charge in [-0.3, -0.25) is 14.3 Å². The van der Waals surface area contributed by atoms with Crippen molar-refractivity contribution < 1.29 is 5.11 Å². The second-order valence-electron chi connectivity index (χ2n) is 7.69. The average Bonchev–Trinajstić information content (AvgIpc) is 2.57. The summed E-state index contributed by atoms with van der Waals surface area (Å²) in [6, 6.07) is 7.81. The summed E-state index contributed by atoms with van der Waals surface area (Å²) < 4.78 is 1.82. The number of fused-ring (bicyclic) bond motifs is 2. The molecule has 1 aromatic carbocycles. The van der Waals surface area contributed by atoms with Crippen molar-refractivity contribution in [2.45, 2.75) is 63.3 Å². The first-order valence-electron chi connectivity index (χ1n) is 8.91. The lowest BCUT2D eigenvalue weighted by atomic mass is 9.77. The van der Waals surface area contributed by atoms with Gasteiger partial charge >= 0.3 is 0 Å². The molecule has 3 heterocycles. The van der Waals surface area contributed by atoms with E-state index in [2.05, 4.69) is 23.7 Å². The first kappa shape index (κ1) is 15.8. The smallest absolute Gasteiger partial charge is 0.261 e. The van der Waals surface area contributed by atoms with Gasteiger partial charge in [0.2, 0.25) is 0 Å². The van der Waals surface area contributed by atoms with Crippen molar-refractivity contribution in [3.63, 3.8) is 0 Å². The predicted octanol–water partition coefficient (Wildman–Crippen LogP) is 2.34. The number of hydrogen-bond donors (Lipinski definition) is 1. The van der Waals surface area contributed by atoms with Gasteiger partial charge in [-0.1, -0.05) is 12.1 Å². The summed E-state index contributed by atoms with van der Waals surface area (Å²) in [4.78, 5) is 19.9. The Morgan fingerprint density at radius 2 is 2.00 bits per heavy atom. The Kier molecular flexibility index (Phi) is 3.73. The summed E-state index contributed by atoms with van der Waals surface area (Å²) in [7, 11) is 0. The zero-order valence-electron chi connectivity index (χ0n) is 14.4. The summed E-state index contributed by atoms with van der Waals surface area (Å²) in [5, 5.41) is 11.0. The van der Waals surface area contributed by atoms with Crippen LogP contribution in [0.4, 0.5) is 0 Å². The third-order valence-electron chi connectivity index (χ3n) is 6.06. The van der Waals surface area contributed by atoms with E-state index in [4.69, 9.17) is 0 Å². The number of aliphatic hydroxyl groups excluding tert-OH is 1. The molecule has 3 atom stereocenters. The van der Waals surface area contributed by atoms with Crippen molar-refractivity contribution in [1.29, 1.82) is 0 Å². The first-order valence-corrected chi connectivity index (χ1v) is 8.91. The zero-order valence-corrected chi connectivity index (χ0v) is 14.4. The van der Waals surface area contributed by atoms with E-state index in [9.17, 15) is 9.90 Å². The van der Waals surface area contributed by atoms with Crippen LogP contribution < -0.4 is 5.56 Å². The van der Waals surface area contributed by atoms with Gasteiger partial charge in [-0.05, 0) is 58.2 Å². The van der Waals surface area contributed by atoms with E-state index >= 15 is 0 Å². The Bertz CT molecular complexity index is 814. The van der Waals surface area contributed by atoms with Crippen LogP contribution in [0.5, 0.6) is 0 Å². The number of rotatable bonds is 1. The molecule has 2 aliphatic heterocycles. The van der Waals surface area contributed by atoms with E-state index in [1.165, 1.54) is 0 Å². The van der Waals surface area contributed by atoms with Gasteiger partial charge in [0, 0.05) is 11.6 Å². The summed E-state index contributed by atoms with van der Waals surface area (Å²) >= 11 is 0. The van der Waals surface area contributed by atoms with E-state index < -0.39 is 0 Å². The molecule has 1 N–H and O–H groups in total. The van der Waals surface area contributed by atoms with Crippen molar-refractivity contribution in [3.05, 3.63) is 40.9 Å². The standard InChI is InChI=1S/C19H25N3O2/c1-19(2)17(10-9-15-16(23)8-5-11-22(15)19)21-12-20-14-7-4-3-6-13(14)18(21)24/h3-4,6-7,12,15-17,23H,5,8-11H2,1-2H3/t15-,16-,17+/m0/s1. The minimum atomic E-state index is -0.245. The summed E-state index contributed by atoms with van der Waals surface area (Å²) in [6.07, 6.45) is 5.18. The fourth-order valence-corrected chi connectivity index (χ4v) is 4.76. The van der Waals surface area contributed by atoms with Crippen LogP contribution in [-0.4, -0.2) is 43.8 Å². The molecule has 1 aromatic heterocycles. The highest BCUT2D eigenvalue weighted by Crippen LogP contribution is 2.42. The fourth-order valence-electron chi connectivity index (χ4n) is 4.76. The largest absolute Gasteiger partial charge is 0.391 e. The lowest BCUT2D eigenvalue weighted by Gasteiger charge is -2.55. The molecule has 0 radical (unpaired) electrons. The van der Waals surface area contributed by atoms with E-state index in [1.807, 2.05) is 28.8 Å². The number of para-hydroxylation sites is 1. The number of hydrogen-bond acceptors (Lipinski definition) is 4. The number of nitrogens with zero attached hydrogens (tertiary/aromatic N) is 3. The molecule has 0 aliphatic carbocycles. The first-order chi connectivity index (χ1) is 11.5. The maximum Gasteiger partial charge on any atom is 0.261 e. The number of benzene rings is 1. The quantitative estimate of drug-likeness (QED) is 0.873. The van der Waals surface area contributed by atoms with Crippen LogP contribution in [0.25, 0.3) is 10.9 Å². The SMILES string of the molecule is CC1(C)[C@H](n2cnc3ccccc3c2=O)CC[C@H]2[C@@H](O)CCCN21. The molecule has 0 amide bonds. The Morgan fingerprint density at radius 3 is 2.83 bits per heavy atom. The van der Waals surface area contributed by atoms with Crippen molar-refractivity contribution >= 4 is 10.9 Å². The van der Waals surface area contributed by atoms with Gasteiger partial charge in [-0.15, -0.1) is 0 Å². The van der Waals surface area contributed by atoms with Crippen molar-refractivity contribution in [3.8, 4) is 0 Å². The monoisotopic (exact) mass is 327 g/mol. The Labute approximate surface area is 141 Å². The topological polar surface area (TPSA) is 58.4 Å². The van der Waals surface area contributed by atoms with Gasteiger partial charge in [0.25, 0.3) is 5.56 Å². The van der Waals surface area contributed by atoms with Gasteiger partial charge in [0.05, 0.1) is 29.4 Å². The minimum absolute atomic E-state index is 0.0367. The van der Waals surface area contributed by atoms with Crippen LogP contribution in [0, 0.1) is 0 Å². The van der Waals surface area contributed by atoms with E-state index in [1.54, 1.807) is 6.33 Å². The van der Waals surface area contributed by atoms with Crippen LogP contribution in [0.3, 0.4) is 0 Å². The number of aliphatic hydroxyl groups is 1. The van der Waals surface area contributed by atoms with Crippen LogP contribution in [0.15, 0.2) is 35.4 Å². The second-order valence-corrected chi connectivity index (χ2v) is 7.69. The summed E-state index contributed by atoms with van der Waals surface area (Å²) in [5.41, 5.74) is 0.603. The maximum absolute atomic E-state index is 13.0. The zero-order chi connectivity index (χ0) is 16.9. The van der Waals surface area contributed by atoms with Crippen LogP contribution in [0.1, 0.15) is 45.6 Å². The molecule has 0 unspecified atom stereocenters. The molecule has 2 saturated heterocycles. The Hall–Kier alpha value is -1.72. The molecule has 0 spiro atoms. The highest BCUT2D eigenvalue weighted by atomic mass is 16.3. The van der Waals surface area contributed by atoms with Crippen molar-refractivity contribution in [2.75, 3.05) is 6.54 Å². The predicted molar refractivity (Wildman–Crippen MR) is 94.1 cm³/mol. The highest BCUT2D eigenvalue weighted by Gasteiger charge is 2.47. The van der Waals surface area contributed by atoms with Crippen LogP contribution in [-0.2, 0) is 0 Å². The number of piperidine rings is 2.